The maximum absolute atomic E-state index is 11.1. The zero-order valence-corrected chi connectivity index (χ0v) is 9.14. The van der Waals surface area contributed by atoms with Gasteiger partial charge < -0.3 is 4.74 Å². The van der Waals surface area contributed by atoms with Crippen molar-refractivity contribution < 1.29 is 9.53 Å². The molecule has 14 heavy (non-hydrogen) atoms. The Morgan fingerprint density at radius 1 is 1.57 bits per heavy atom. The molecule has 1 aromatic heterocycles. The highest BCUT2D eigenvalue weighted by Gasteiger charge is 2.14. The summed E-state index contributed by atoms with van der Waals surface area (Å²) >= 11 is 1.39. The number of hydrogen-bond acceptors (Lipinski definition) is 4. The SMILES string of the molecule is CC(C)(C)OC(=O)C#Cc1nccs1. The lowest BCUT2D eigenvalue weighted by molar-refractivity contribution is -0.147. The lowest BCUT2D eigenvalue weighted by atomic mass is 10.2. The lowest BCUT2D eigenvalue weighted by Crippen LogP contribution is -2.22. The van der Waals surface area contributed by atoms with E-state index < -0.39 is 11.6 Å². The van der Waals surface area contributed by atoms with Crippen LogP contribution in [0.3, 0.4) is 0 Å². The van der Waals surface area contributed by atoms with Gasteiger partial charge in [0.25, 0.3) is 0 Å². The molecule has 3 nitrogen and oxygen atoms in total. The van der Waals surface area contributed by atoms with Crippen molar-refractivity contribution >= 4 is 17.3 Å². The molecule has 0 aliphatic carbocycles. The third-order valence-electron chi connectivity index (χ3n) is 1.10. The summed E-state index contributed by atoms with van der Waals surface area (Å²) in [5, 5.41) is 2.43. The standard InChI is InChI=1S/C10H11NO2S/c1-10(2,3)13-9(12)5-4-8-11-6-7-14-8/h6-7H,1-3H3. The topological polar surface area (TPSA) is 39.2 Å². The van der Waals surface area contributed by atoms with Gasteiger partial charge in [0.15, 0.2) is 5.01 Å². The van der Waals surface area contributed by atoms with Gasteiger partial charge in [-0.3, -0.25) is 0 Å². The summed E-state index contributed by atoms with van der Waals surface area (Å²) < 4.78 is 5.00. The minimum Gasteiger partial charge on any atom is -0.450 e. The van der Waals surface area contributed by atoms with Gasteiger partial charge >= 0.3 is 5.97 Å². The Bertz CT molecular complexity index is 365. The van der Waals surface area contributed by atoms with Crippen LogP contribution in [0.15, 0.2) is 11.6 Å². The molecule has 0 saturated carbocycles. The highest BCUT2D eigenvalue weighted by molar-refractivity contribution is 7.10. The molecule has 0 spiro atoms. The number of ether oxygens (including phenoxy) is 1. The minimum atomic E-state index is -0.521. The van der Waals surface area contributed by atoms with E-state index in [1.807, 2.05) is 0 Å². The molecule has 0 radical (unpaired) electrons. The largest absolute Gasteiger partial charge is 0.450 e. The first-order chi connectivity index (χ1) is 6.47. The number of hydrogen-bond donors (Lipinski definition) is 0. The van der Waals surface area contributed by atoms with Crippen LogP contribution in [0.5, 0.6) is 0 Å². The van der Waals surface area contributed by atoms with Crippen LogP contribution in [-0.2, 0) is 9.53 Å². The smallest absolute Gasteiger partial charge is 0.385 e. The van der Waals surface area contributed by atoms with E-state index in [0.717, 1.165) is 0 Å². The van der Waals surface area contributed by atoms with Crippen LogP contribution in [0, 0.1) is 11.8 Å². The number of carbonyl (C=O) groups excluding carboxylic acids is 1. The fourth-order valence-electron chi connectivity index (χ4n) is 0.693. The second-order valence-corrected chi connectivity index (χ2v) is 4.48. The molecule has 0 saturated heterocycles. The van der Waals surface area contributed by atoms with Crippen molar-refractivity contribution in [3.63, 3.8) is 0 Å². The van der Waals surface area contributed by atoms with Gasteiger partial charge in [-0.25, -0.2) is 9.78 Å². The summed E-state index contributed by atoms with van der Waals surface area (Å²) in [5.74, 6) is 4.49. The van der Waals surface area contributed by atoms with Crippen molar-refractivity contribution in [2.24, 2.45) is 0 Å². The molecule has 0 unspecified atom stereocenters. The first-order valence-electron chi connectivity index (χ1n) is 4.12. The van der Waals surface area contributed by atoms with E-state index in [4.69, 9.17) is 4.74 Å². The number of nitrogens with zero attached hydrogens (tertiary/aromatic N) is 1. The van der Waals surface area contributed by atoms with Crippen LogP contribution in [0.25, 0.3) is 0 Å². The minimum absolute atomic E-state index is 0.491. The van der Waals surface area contributed by atoms with Gasteiger partial charge in [-0.1, -0.05) is 0 Å². The molecule has 74 valence electrons. The Morgan fingerprint density at radius 2 is 2.29 bits per heavy atom. The highest BCUT2D eigenvalue weighted by atomic mass is 32.1. The zero-order chi connectivity index (χ0) is 10.6. The molecule has 1 aromatic rings. The fraction of sp³-hybridized carbons (Fsp3) is 0.400. The van der Waals surface area contributed by atoms with Gasteiger partial charge in [0.05, 0.1) is 0 Å². The number of aromatic nitrogens is 1. The van der Waals surface area contributed by atoms with E-state index in [9.17, 15) is 4.79 Å². The average Bonchev–Trinajstić information content (AvgIpc) is 2.49. The van der Waals surface area contributed by atoms with Gasteiger partial charge in [0.2, 0.25) is 0 Å². The predicted octanol–water partition coefficient (Wildman–Crippen LogP) is 1.84. The van der Waals surface area contributed by atoms with Gasteiger partial charge in [-0.05, 0) is 26.7 Å². The third kappa shape index (κ3) is 4.06. The number of thiazole rings is 1. The van der Waals surface area contributed by atoms with E-state index in [-0.39, 0.29) is 0 Å². The zero-order valence-electron chi connectivity index (χ0n) is 8.33. The van der Waals surface area contributed by atoms with Crippen molar-refractivity contribution in [3.8, 4) is 11.8 Å². The average molecular weight is 209 g/mol. The van der Waals surface area contributed by atoms with Crippen molar-refractivity contribution in [2.45, 2.75) is 26.4 Å². The number of rotatable bonds is 0. The predicted molar refractivity (Wildman–Crippen MR) is 54.8 cm³/mol. The van der Waals surface area contributed by atoms with Gasteiger partial charge in [0.1, 0.15) is 5.60 Å². The quantitative estimate of drug-likeness (QED) is 0.483. The van der Waals surface area contributed by atoms with Crippen molar-refractivity contribution in [1.82, 2.24) is 4.98 Å². The van der Waals surface area contributed by atoms with E-state index in [1.54, 1.807) is 32.3 Å². The first kappa shape index (κ1) is 10.7. The molecule has 0 bridgehead atoms. The van der Waals surface area contributed by atoms with Crippen LogP contribution < -0.4 is 0 Å². The Kier molecular flexibility index (Phi) is 3.26. The molecule has 0 aromatic carbocycles. The monoisotopic (exact) mass is 209 g/mol. The Balaban J connectivity index is 2.57. The van der Waals surface area contributed by atoms with E-state index >= 15 is 0 Å². The molecular weight excluding hydrogens is 198 g/mol. The van der Waals surface area contributed by atoms with Crippen LogP contribution in [0.2, 0.25) is 0 Å². The second-order valence-electron chi connectivity index (χ2n) is 3.59. The summed E-state index contributed by atoms with van der Waals surface area (Å²) in [5.41, 5.74) is -0.491. The van der Waals surface area contributed by atoms with E-state index in [2.05, 4.69) is 16.8 Å². The van der Waals surface area contributed by atoms with Gasteiger partial charge in [-0.2, -0.15) is 0 Å². The van der Waals surface area contributed by atoms with Crippen LogP contribution >= 0.6 is 11.3 Å². The molecule has 0 atom stereocenters. The summed E-state index contributed by atoms with van der Waals surface area (Å²) in [6.45, 7) is 5.40. The van der Waals surface area contributed by atoms with Crippen molar-refractivity contribution in [2.75, 3.05) is 0 Å². The Hall–Kier alpha value is -1.34. The van der Waals surface area contributed by atoms with Gasteiger partial charge in [-0.15, -0.1) is 11.3 Å². The summed E-state index contributed by atoms with van der Waals surface area (Å²) in [7, 11) is 0. The Labute approximate surface area is 87.1 Å². The van der Waals surface area contributed by atoms with E-state index in [1.165, 1.54) is 11.3 Å². The van der Waals surface area contributed by atoms with Crippen LogP contribution in [0.4, 0.5) is 0 Å². The summed E-state index contributed by atoms with van der Waals surface area (Å²) in [6.07, 6.45) is 1.64. The summed E-state index contributed by atoms with van der Waals surface area (Å²) in [6, 6.07) is 0. The second kappa shape index (κ2) is 4.25. The normalized spacial score (nSPS) is 10.2. The molecule has 0 N–H and O–H groups in total. The number of carbonyl (C=O) groups is 1. The fourth-order valence-corrected chi connectivity index (χ4v) is 1.18. The molecule has 0 fully saturated rings. The molecule has 0 aliphatic rings. The third-order valence-corrected chi connectivity index (χ3v) is 1.79. The molecule has 1 heterocycles. The lowest BCUT2D eigenvalue weighted by Gasteiger charge is -2.16. The van der Waals surface area contributed by atoms with Crippen molar-refractivity contribution in [3.05, 3.63) is 16.6 Å². The summed E-state index contributed by atoms with van der Waals surface area (Å²) in [4.78, 5) is 15.1. The van der Waals surface area contributed by atoms with Gasteiger partial charge in [0, 0.05) is 17.5 Å². The van der Waals surface area contributed by atoms with Crippen LogP contribution in [-0.4, -0.2) is 16.6 Å². The maximum Gasteiger partial charge on any atom is 0.385 e. The van der Waals surface area contributed by atoms with E-state index in [0.29, 0.717) is 5.01 Å². The molecule has 0 aliphatic heterocycles. The number of esters is 1. The maximum atomic E-state index is 11.1. The highest BCUT2D eigenvalue weighted by Crippen LogP contribution is 2.06. The molecular formula is C10H11NO2S. The van der Waals surface area contributed by atoms with Crippen molar-refractivity contribution in [1.29, 1.82) is 0 Å². The Morgan fingerprint density at radius 3 is 2.79 bits per heavy atom. The molecule has 0 amide bonds. The molecule has 1 rings (SSSR count). The molecule has 4 heteroatoms. The van der Waals surface area contributed by atoms with Crippen LogP contribution in [0.1, 0.15) is 25.8 Å². The first-order valence-corrected chi connectivity index (χ1v) is 5.00.